The summed E-state index contributed by atoms with van der Waals surface area (Å²) in [6, 6.07) is 0. The average Bonchev–Trinajstić information content (AvgIpc) is 3.67. The standard InChI is InChI=1S/C30H43ClO11/c1-8-10-18(33)39-17-13-12-14(3)20(31)23-30(37,15(4)27(35)42-23)26(38-16(5)32)22-28(17,6)24-21(41-24)25(29(22,7)36)40-19(34)11-9-2/h15,17,20-26,36-37H,3,8-13H2,1-2,4-7H3/t15-,17-,20-,21+,22+,23-,24-,25+,26+,28+,29-,30-/m0/s1. The van der Waals surface area contributed by atoms with E-state index in [0.717, 1.165) is 6.92 Å². The highest BCUT2D eigenvalue weighted by atomic mass is 35.5. The number of halogens is 1. The van der Waals surface area contributed by atoms with Crippen molar-refractivity contribution in [3.63, 3.8) is 0 Å². The minimum Gasteiger partial charge on any atom is -0.462 e. The van der Waals surface area contributed by atoms with Gasteiger partial charge in [-0.2, -0.15) is 0 Å². The van der Waals surface area contributed by atoms with Crippen LogP contribution in [0.1, 0.15) is 80.1 Å². The lowest BCUT2D eigenvalue weighted by atomic mass is 9.52. The van der Waals surface area contributed by atoms with Crippen molar-refractivity contribution in [3.8, 4) is 0 Å². The summed E-state index contributed by atoms with van der Waals surface area (Å²) in [5, 5.41) is 23.9. The number of hydrogen-bond acceptors (Lipinski definition) is 11. The number of epoxide rings is 1. The van der Waals surface area contributed by atoms with Crippen LogP contribution in [-0.4, -0.2) is 87.3 Å². The Morgan fingerprint density at radius 2 is 1.62 bits per heavy atom. The van der Waals surface area contributed by atoms with E-state index in [2.05, 4.69) is 6.58 Å². The van der Waals surface area contributed by atoms with E-state index in [1.807, 2.05) is 13.8 Å². The summed E-state index contributed by atoms with van der Waals surface area (Å²) in [4.78, 5) is 51.4. The molecule has 0 amide bonds. The predicted molar refractivity (Wildman–Crippen MR) is 148 cm³/mol. The maximum atomic E-state index is 13.0. The van der Waals surface area contributed by atoms with Gasteiger partial charge in [0.25, 0.3) is 0 Å². The summed E-state index contributed by atoms with van der Waals surface area (Å²) in [6.07, 6.45) is -4.96. The molecular weight excluding hydrogens is 572 g/mol. The van der Waals surface area contributed by atoms with Crippen LogP contribution in [0.3, 0.4) is 0 Å². The van der Waals surface area contributed by atoms with Gasteiger partial charge < -0.3 is 33.9 Å². The third-order valence-electron chi connectivity index (χ3n) is 9.63. The quantitative estimate of drug-likeness (QED) is 0.143. The zero-order valence-electron chi connectivity index (χ0n) is 25.1. The van der Waals surface area contributed by atoms with Gasteiger partial charge in [-0.15, -0.1) is 11.6 Å². The van der Waals surface area contributed by atoms with Crippen molar-refractivity contribution in [1.82, 2.24) is 0 Å². The second kappa shape index (κ2) is 11.7. The molecule has 0 aromatic carbocycles. The fourth-order valence-corrected chi connectivity index (χ4v) is 7.79. The molecule has 0 aromatic heterocycles. The lowest BCUT2D eigenvalue weighted by Gasteiger charge is -2.57. The molecule has 0 aromatic rings. The molecule has 12 heteroatoms. The molecule has 2 aliphatic carbocycles. The molecule has 4 aliphatic rings. The molecule has 2 N–H and O–H groups in total. The van der Waals surface area contributed by atoms with Gasteiger partial charge in [0.05, 0.1) is 17.4 Å². The fourth-order valence-electron chi connectivity index (χ4n) is 7.43. The second-order valence-corrected chi connectivity index (χ2v) is 13.0. The molecule has 2 saturated heterocycles. The summed E-state index contributed by atoms with van der Waals surface area (Å²) in [5.74, 6) is -5.16. The molecule has 0 unspecified atom stereocenters. The van der Waals surface area contributed by atoms with Gasteiger partial charge in [-0.05, 0) is 39.5 Å². The molecule has 2 aliphatic heterocycles. The van der Waals surface area contributed by atoms with Gasteiger partial charge in [-0.25, -0.2) is 0 Å². The summed E-state index contributed by atoms with van der Waals surface area (Å²) in [5.41, 5.74) is -5.17. The molecule has 12 atom stereocenters. The minimum absolute atomic E-state index is 0.0952. The SMILES string of the molecule is C=C1CC[C@H](OC(=O)CCC)[C@@]2(C)[C@H]3O[C@H]3[C@@H](OC(=O)CCC)[C@@](C)(O)[C@@H]2[C@@H](OC(C)=O)[C@]2(O)[C@@H](C)C(=O)O[C@H]2[C@H]1Cl. The number of carbonyl (C=O) groups is 4. The van der Waals surface area contributed by atoms with E-state index < -0.39 is 94.3 Å². The smallest absolute Gasteiger partial charge is 0.312 e. The van der Waals surface area contributed by atoms with Crippen molar-refractivity contribution in [2.45, 2.75) is 133 Å². The lowest BCUT2D eigenvalue weighted by molar-refractivity contribution is -0.262. The van der Waals surface area contributed by atoms with Gasteiger partial charge in [0, 0.05) is 31.1 Å². The van der Waals surface area contributed by atoms with E-state index >= 15 is 0 Å². The summed E-state index contributed by atoms with van der Waals surface area (Å²) < 4.78 is 29.5. The number of alkyl halides is 1. The van der Waals surface area contributed by atoms with E-state index in [1.165, 1.54) is 13.8 Å². The fraction of sp³-hybridized carbons (Fsp3) is 0.800. The molecule has 0 spiro atoms. The van der Waals surface area contributed by atoms with Crippen LogP contribution in [0.25, 0.3) is 0 Å². The van der Waals surface area contributed by atoms with Crippen molar-refractivity contribution in [2.24, 2.45) is 17.3 Å². The number of aliphatic hydroxyl groups is 2. The minimum atomic E-state index is -2.26. The largest absolute Gasteiger partial charge is 0.462 e. The van der Waals surface area contributed by atoms with Gasteiger partial charge in [0.15, 0.2) is 17.8 Å². The Balaban J connectivity index is 1.97. The molecule has 4 fully saturated rings. The normalized spacial score (nSPS) is 44.5. The van der Waals surface area contributed by atoms with E-state index in [0.29, 0.717) is 18.4 Å². The molecule has 0 radical (unpaired) electrons. The predicted octanol–water partition coefficient (Wildman–Crippen LogP) is 2.75. The Morgan fingerprint density at radius 3 is 2.19 bits per heavy atom. The molecule has 0 bridgehead atoms. The van der Waals surface area contributed by atoms with Crippen LogP contribution < -0.4 is 0 Å². The van der Waals surface area contributed by atoms with Gasteiger partial charge in [0.2, 0.25) is 0 Å². The maximum absolute atomic E-state index is 13.0. The van der Waals surface area contributed by atoms with Crippen molar-refractivity contribution >= 4 is 35.5 Å². The van der Waals surface area contributed by atoms with E-state index in [9.17, 15) is 29.4 Å². The van der Waals surface area contributed by atoms with Gasteiger partial charge >= 0.3 is 23.9 Å². The number of esters is 4. The number of hydrogen-bond donors (Lipinski definition) is 2. The van der Waals surface area contributed by atoms with Crippen molar-refractivity contribution < 1.29 is 53.1 Å². The van der Waals surface area contributed by atoms with Crippen LogP contribution in [0.4, 0.5) is 0 Å². The van der Waals surface area contributed by atoms with Crippen LogP contribution >= 0.6 is 11.6 Å². The Bertz CT molecular complexity index is 1120. The van der Waals surface area contributed by atoms with Crippen molar-refractivity contribution in [3.05, 3.63) is 12.2 Å². The zero-order chi connectivity index (χ0) is 31.4. The molecule has 2 saturated carbocycles. The van der Waals surface area contributed by atoms with Crippen molar-refractivity contribution in [2.75, 3.05) is 0 Å². The second-order valence-electron chi connectivity index (χ2n) is 12.6. The first-order valence-corrected chi connectivity index (χ1v) is 15.2. The molecule has 2 heterocycles. The third kappa shape index (κ3) is 5.24. The van der Waals surface area contributed by atoms with Crippen LogP contribution in [0.2, 0.25) is 0 Å². The molecule has 236 valence electrons. The number of fused-ring (bicyclic) bond motifs is 4. The Morgan fingerprint density at radius 1 is 1.02 bits per heavy atom. The Kier molecular flexibility index (Phi) is 9.11. The van der Waals surface area contributed by atoms with Gasteiger partial charge in [0.1, 0.15) is 23.9 Å². The van der Waals surface area contributed by atoms with Crippen molar-refractivity contribution in [1.29, 1.82) is 0 Å². The summed E-state index contributed by atoms with van der Waals surface area (Å²) >= 11 is 6.80. The summed E-state index contributed by atoms with van der Waals surface area (Å²) in [7, 11) is 0. The highest BCUT2D eigenvalue weighted by Crippen LogP contribution is 2.63. The molecule has 11 nitrogen and oxygen atoms in total. The molecule has 4 rings (SSSR count). The Hall–Kier alpha value is -2.21. The highest BCUT2D eigenvalue weighted by molar-refractivity contribution is 6.23. The number of carbonyl (C=O) groups excluding carboxylic acids is 4. The van der Waals surface area contributed by atoms with E-state index in [4.69, 9.17) is 35.3 Å². The van der Waals surface area contributed by atoms with Crippen LogP contribution in [-0.2, 0) is 42.9 Å². The zero-order valence-corrected chi connectivity index (χ0v) is 25.8. The van der Waals surface area contributed by atoms with Gasteiger partial charge in [-0.1, -0.05) is 32.9 Å². The highest BCUT2D eigenvalue weighted by Gasteiger charge is 2.79. The molecule has 42 heavy (non-hydrogen) atoms. The first-order valence-electron chi connectivity index (χ1n) is 14.7. The maximum Gasteiger partial charge on any atom is 0.312 e. The third-order valence-corrected chi connectivity index (χ3v) is 10.2. The first kappa shape index (κ1) is 32.7. The first-order chi connectivity index (χ1) is 19.6. The monoisotopic (exact) mass is 614 g/mol. The van der Waals surface area contributed by atoms with Crippen LogP contribution in [0, 0.1) is 17.3 Å². The van der Waals surface area contributed by atoms with E-state index in [-0.39, 0.29) is 25.7 Å². The van der Waals surface area contributed by atoms with Gasteiger partial charge in [-0.3, -0.25) is 19.2 Å². The molecular formula is C30H43ClO11. The van der Waals surface area contributed by atoms with Crippen LogP contribution in [0.5, 0.6) is 0 Å². The van der Waals surface area contributed by atoms with E-state index in [1.54, 1.807) is 6.92 Å². The summed E-state index contributed by atoms with van der Waals surface area (Å²) in [6.45, 7) is 13.5. The topological polar surface area (TPSA) is 158 Å². The lowest BCUT2D eigenvalue weighted by Crippen LogP contribution is -2.73. The van der Waals surface area contributed by atoms with Crippen LogP contribution in [0.15, 0.2) is 12.2 Å². The number of rotatable bonds is 7. The average molecular weight is 615 g/mol. The Labute approximate surface area is 251 Å². The number of ether oxygens (including phenoxy) is 5.